The number of carbonyl (C=O) groups excluding carboxylic acids is 2. The summed E-state index contributed by atoms with van der Waals surface area (Å²) in [7, 11) is 0. The number of rotatable bonds is 9. The van der Waals surface area contributed by atoms with Gasteiger partial charge >= 0.3 is 0 Å². The highest BCUT2D eigenvalue weighted by molar-refractivity contribution is 5.51. The molecule has 0 rings (SSSR count). The second-order valence-corrected chi connectivity index (χ2v) is 3.11. The highest BCUT2D eigenvalue weighted by Gasteiger charge is 2.17. The smallest absolute Gasteiger partial charge is 0.120 e. The van der Waals surface area contributed by atoms with E-state index in [1.807, 2.05) is 0 Å². The van der Waals surface area contributed by atoms with Gasteiger partial charge < -0.3 is 14.7 Å². The van der Waals surface area contributed by atoms with Crippen molar-refractivity contribution in [2.75, 3.05) is 0 Å². The molecule has 79 valence electrons. The number of aliphatic hydroxyl groups excluding tert-OH is 1. The summed E-state index contributed by atoms with van der Waals surface area (Å²) in [5.41, 5.74) is 0. The van der Waals surface area contributed by atoms with Gasteiger partial charge in [0, 0.05) is 18.8 Å². The highest BCUT2D eigenvalue weighted by atomic mass is 16.3. The molecule has 0 aromatic heterocycles. The predicted molar refractivity (Wildman–Crippen MR) is 54.7 cm³/mol. The number of carbonyl (C=O) groups is 2. The molecule has 0 aromatic carbocycles. The first kappa shape index (κ1) is 13.0. The maximum atomic E-state index is 10.2. The van der Waals surface area contributed by atoms with Crippen molar-refractivity contribution in [2.45, 2.75) is 38.2 Å². The summed E-state index contributed by atoms with van der Waals surface area (Å²) in [5, 5.41) is 9.62. The minimum absolute atomic E-state index is 0.405. The third-order valence-corrected chi connectivity index (χ3v) is 2.03. The van der Waals surface area contributed by atoms with E-state index in [0.29, 0.717) is 32.1 Å². The molecule has 1 radical (unpaired) electrons. The first-order valence-corrected chi connectivity index (χ1v) is 4.77. The maximum Gasteiger partial charge on any atom is 0.120 e. The summed E-state index contributed by atoms with van der Waals surface area (Å²) >= 11 is 0. The van der Waals surface area contributed by atoms with Gasteiger partial charge in [0.05, 0.1) is 6.10 Å². The van der Waals surface area contributed by atoms with Crippen LogP contribution in [0.3, 0.4) is 0 Å². The van der Waals surface area contributed by atoms with Crippen molar-refractivity contribution in [3.8, 4) is 0 Å². The SMILES string of the molecule is C=CCC(O)[C](CCC=O)CCC=O. The molecule has 0 aliphatic heterocycles. The molecule has 14 heavy (non-hydrogen) atoms. The Labute approximate surface area is 84.8 Å². The Bertz CT molecular complexity index is 165. The second kappa shape index (κ2) is 8.63. The van der Waals surface area contributed by atoms with Crippen LogP contribution in [0.4, 0.5) is 0 Å². The molecule has 1 unspecified atom stereocenters. The van der Waals surface area contributed by atoms with Gasteiger partial charge in [-0.1, -0.05) is 6.08 Å². The lowest BCUT2D eigenvalue weighted by Crippen LogP contribution is -2.18. The molecule has 0 aliphatic rings. The monoisotopic (exact) mass is 197 g/mol. The summed E-state index contributed by atoms with van der Waals surface area (Å²) < 4.78 is 0. The van der Waals surface area contributed by atoms with Crippen molar-refractivity contribution in [1.82, 2.24) is 0 Å². The number of aliphatic hydroxyl groups is 1. The minimum Gasteiger partial charge on any atom is -0.392 e. The molecule has 0 bridgehead atoms. The first-order chi connectivity index (χ1) is 6.76. The van der Waals surface area contributed by atoms with Gasteiger partial charge in [-0.05, 0) is 19.3 Å². The van der Waals surface area contributed by atoms with Crippen molar-refractivity contribution >= 4 is 12.6 Å². The fourth-order valence-corrected chi connectivity index (χ4v) is 1.27. The molecule has 0 fully saturated rings. The average Bonchev–Trinajstić information content (AvgIpc) is 2.18. The molecule has 1 atom stereocenters. The van der Waals surface area contributed by atoms with Crippen LogP contribution in [0.5, 0.6) is 0 Å². The van der Waals surface area contributed by atoms with Gasteiger partial charge in [0.25, 0.3) is 0 Å². The van der Waals surface area contributed by atoms with Crippen molar-refractivity contribution in [3.05, 3.63) is 18.6 Å². The zero-order valence-electron chi connectivity index (χ0n) is 8.32. The van der Waals surface area contributed by atoms with Crippen LogP contribution in [-0.2, 0) is 9.59 Å². The Morgan fingerprint density at radius 3 is 2.07 bits per heavy atom. The average molecular weight is 197 g/mol. The molecule has 0 saturated heterocycles. The van der Waals surface area contributed by atoms with E-state index in [1.165, 1.54) is 0 Å². The van der Waals surface area contributed by atoms with Gasteiger partial charge in [-0.25, -0.2) is 0 Å². The summed E-state index contributed by atoms with van der Waals surface area (Å²) in [6, 6.07) is 0. The molecule has 0 amide bonds. The lowest BCUT2D eigenvalue weighted by Gasteiger charge is -2.19. The topological polar surface area (TPSA) is 54.4 Å². The van der Waals surface area contributed by atoms with E-state index in [9.17, 15) is 14.7 Å². The lowest BCUT2D eigenvalue weighted by molar-refractivity contribution is -0.108. The van der Waals surface area contributed by atoms with Crippen LogP contribution < -0.4 is 0 Å². The summed E-state index contributed by atoms with van der Waals surface area (Å²) in [5.74, 6) is 0.865. The first-order valence-electron chi connectivity index (χ1n) is 4.77. The Hall–Kier alpha value is -0.960. The fourth-order valence-electron chi connectivity index (χ4n) is 1.27. The molecule has 1 N–H and O–H groups in total. The Kier molecular flexibility index (Phi) is 8.04. The molecule has 3 heteroatoms. The predicted octanol–water partition coefficient (Wildman–Crippen LogP) is 1.46. The Balaban J connectivity index is 3.98. The standard InChI is InChI=1S/C11H17O3/c1-2-5-11(14)10(6-3-8-12)7-4-9-13/h2,8-9,11,14H,1,3-7H2. The molecule has 0 spiro atoms. The van der Waals surface area contributed by atoms with Crippen LogP contribution in [-0.4, -0.2) is 23.8 Å². The van der Waals surface area contributed by atoms with Gasteiger partial charge in [0.2, 0.25) is 0 Å². The van der Waals surface area contributed by atoms with Crippen molar-refractivity contribution in [3.63, 3.8) is 0 Å². The third-order valence-electron chi connectivity index (χ3n) is 2.03. The fraction of sp³-hybridized carbons (Fsp3) is 0.545. The van der Waals surface area contributed by atoms with Crippen molar-refractivity contribution in [1.29, 1.82) is 0 Å². The summed E-state index contributed by atoms with van der Waals surface area (Å²) in [6.45, 7) is 3.53. The maximum absolute atomic E-state index is 10.2. The summed E-state index contributed by atoms with van der Waals surface area (Å²) in [4.78, 5) is 20.4. The van der Waals surface area contributed by atoms with Gasteiger partial charge in [0.15, 0.2) is 0 Å². The zero-order chi connectivity index (χ0) is 10.8. The van der Waals surface area contributed by atoms with E-state index < -0.39 is 6.10 Å². The van der Waals surface area contributed by atoms with Crippen LogP contribution in [0.1, 0.15) is 32.1 Å². The van der Waals surface area contributed by atoms with Crippen molar-refractivity contribution in [2.24, 2.45) is 0 Å². The number of hydrogen-bond donors (Lipinski definition) is 1. The lowest BCUT2D eigenvalue weighted by atomic mass is 9.90. The van der Waals surface area contributed by atoms with E-state index in [1.54, 1.807) is 6.08 Å². The Morgan fingerprint density at radius 1 is 1.21 bits per heavy atom. The van der Waals surface area contributed by atoms with Crippen LogP contribution in [0.25, 0.3) is 0 Å². The van der Waals surface area contributed by atoms with Gasteiger partial charge in [-0.3, -0.25) is 0 Å². The van der Waals surface area contributed by atoms with Crippen molar-refractivity contribution < 1.29 is 14.7 Å². The van der Waals surface area contributed by atoms with Crippen LogP contribution in [0.15, 0.2) is 12.7 Å². The zero-order valence-corrected chi connectivity index (χ0v) is 8.32. The molecule has 0 heterocycles. The third kappa shape index (κ3) is 5.65. The number of hydrogen-bond acceptors (Lipinski definition) is 3. The Morgan fingerprint density at radius 2 is 1.71 bits per heavy atom. The van der Waals surface area contributed by atoms with E-state index in [-0.39, 0.29) is 0 Å². The van der Waals surface area contributed by atoms with E-state index in [2.05, 4.69) is 6.58 Å². The van der Waals surface area contributed by atoms with E-state index >= 15 is 0 Å². The van der Waals surface area contributed by atoms with Gasteiger partial charge in [-0.15, -0.1) is 6.58 Å². The molecule has 0 aliphatic carbocycles. The largest absolute Gasteiger partial charge is 0.392 e. The molecular formula is C11H17O3. The van der Waals surface area contributed by atoms with Crippen LogP contribution >= 0.6 is 0 Å². The van der Waals surface area contributed by atoms with E-state index in [0.717, 1.165) is 18.5 Å². The molecule has 0 saturated carbocycles. The van der Waals surface area contributed by atoms with Crippen LogP contribution in [0, 0.1) is 5.92 Å². The number of aldehydes is 2. The molecule has 3 nitrogen and oxygen atoms in total. The highest BCUT2D eigenvalue weighted by Crippen LogP contribution is 2.21. The van der Waals surface area contributed by atoms with Gasteiger partial charge in [0.1, 0.15) is 12.6 Å². The normalized spacial score (nSPS) is 12.4. The van der Waals surface area contributed by atoms with E-state index in [4.69, 9.17) is 0 Å². The van der Waals surface area contributed by atoms with Crippen LogP contribution in [0.2, 0.25) is 0 Å². The van der Waals surface area contributed by atoms with Gasteiger partial charge in [-0.2, -0.15) is 0 Å². The summed E-state index contributed by atoms with van der Waals surface area (Å²) in [6.07, 6.45) is 5.12. The molecular weight excluding hydrogens is 180 g/mol. The second-order valence-electron chi connectivity index (χ2n) is 3.11. The quantitative estimate of drug-likeness (QED) is 0.449. The minimum atomic E-state index is -0.563. The molecule has 0 aromatic rings.